The molecule has 0 fully saturated rings. The van der Waals surface area contributed by atoms with E-state index in [9.17, 15) is 0 Å². The quantitative estimate of drug-likeness (QED) is 0.878. The summed E-state index contributed by atoms with van der Waals surface area (Å²) in [7, 11) is 0. The Bertz CT molecular complexity index is 543. The number of nitrogens with one attached hydrogen (secondary N) is 1. The van der Waals surface area contributed by atoms with Crippen LogP contribution in [0.4, 0.5) is 0 Å². The topological polar surface area (TPSA) is 34.1 Å². The van der Waals surface area contributed by atoms with Gasteiger partial charge in [0.05, 0.1) is 5.69 Å². The molecule has 4 heteroatoms. The number of halogens is 1. The molecule has 1 N–H and O–H groups in total. The highest BCUT2D eigenvalue weighted by Gasteiger charge is 2.09. The summed E-state index contributed by atoms with van der Waals surface area (Å²) in [6.45, 7) is 5.33. The van der Waals surface area contributed by atoms with Crippen molar-refractivity contribution >= 4 is 11.6 Å². The smallest absolute Gasteiger partial charge is 0.130 e. The van der Waals surface area contributed by atoms with E-state index >= 15 is 0 Å². The van der Waals surface area contributed by atoms with Gasteiger partial charge in [-0.25, -0.2) is 0 Å². The lowest BCUT2D eigenvalue weighted by atomic mass is 10.2. The summed E-state index contributed by atoms with van der Waals surface area (Å²) in [4.78, 5) is 4.25. The number of rotatable bonds is 6. The third-order valence-corrected chi connectivity index (χ3v) is 3.22. The molecule has 0 aliphatic carbocycles. The third kappa shape index (κ3) is 4.22. The molecule has 0 aliphatic heterocycles. The van der Waals surface area contributed by atoms with E-state index in [0.717, 1.165) is 22.0 Å². The Morgan fingerprint density at radius 3 is 2.75 bits per heavy atom. The zero-order chi connectivity index (χ0) is 14.4. The molecule has 0 spiro atoms. The molecule has 1 heterocycles. The van der Waals surface area contributed by atoms with Gasteiger partial charge in [0, 0.05) is 29.4 Å². The molecule has 106 valence electrons. The molecule has 3 nitrogen and oxygen atoms in total. The average molecular weight is 291 g/mol. The molecule has 2 rings (SSSR count). The molecular formula is C16H19ClN2O. The standard InChI is InChI=1S/C16H19ClN2O/c1-12(2)19-10-14-15(17)7-5-8-16(14)20-11-13-6-3-4-9-18-13/h3-9,12,19H,10-11H2,1-2H3. The van der Waals surface area contributed by atoms with Crippen LogP contribution < -0.4 is 10.1 Å². The maximum absolute atomic E-state index is 6.26. The minimum atomic E-state index is 0.398. The minimum Gasteiger partial charge on any atom is -0.487 e. The maximum Gasteiger partial charge on any atom is 0.130 e. The van der Waals surface area contributed by atoms with Crippen molar-refractivity contribution in [2.24, 2.45) is 0 Å². The summed E-state index contributed by atoms with van der Waals surface area (Å²) in [5, 5.41) is 4.08. The number of hydrogen-bond donors (Lipinski definition) is 1. The molecule has 1 aromatic carbocycles. The Kier molecular flexibility index (Phi) is 5.39. The maximum atomic E-state index is 6.26. The van der Waals surface area contributed by atoms with Crippen molar-refractivity contribution in [3.05, 3.63) is 58.9 Å². The summed E-state index contributed by atoms with van der Waals surface area (Å²) in [6.07, 6.45) is 1.76. The molecule has 0 amide bonds. The Labute approximate surface area is 124 Å². The first-order valence-electron chi connectivity index (χ1n) is 6.70. The van der Waals surface area contributed by atoms with E-state index in [4.69, 9.17) is 16.3 Å². The fraction of sp³-hybridized carbons (Fsp3) is 0.312. The van der Waals surface area contributed by atoms with Gasteiger partial charge in [-0.15, -0.1) is 0 Å². The van der Waals surface area contributed by atoms with E-state index in [2.05, 4.69) is 24.1 Å². The Morgan fingerprint density at radius 1 is 1.20 bits per heavy atom. The number of hydrogen-bond acceptors (Lipinski definition) is 3. The normalized spacial score (nSPS) is 10.8. The van der Waals surface area contributed by atoms with E-state index in [-0.39, 0.29) is 0 Å². The van der Waals surface area contributed by atoms with E-state index < -0.39 is 0 Å². The van der Waals surface area contributed by atoms with Crippen molar-refractivity contribution in [2.45, 2.75) is 33.0 Å². The number of benzene rings is 1. The fourth-order valence-electron chi connectivity index (χ4n) is 1.79. The van der Waals surface area contributed by atoms with Gasteiger partial charge in [0.25, 0.3) is 0 Å². The molecule has 0 unspecified atom stereocenters. The first-order chi connectivity index (χ1) is 9.66. The summed E-state index contributed by atoms with van der Waals surface area (Å²) >= 11 is 6.26. The van der Waals surface area contributed by atoms with Gasteiger partial charge in [-0.2, -0.15) is 0 Å². The van der Waals surface area contributed by atoms with Crippen molar-refractivity contribution in [2.75, 3.05) is 0 Å². The SMILES string of the molecule is CC(C)NCc1c(Cl)cccc1OCc1ccccn1. The third-order valence-electron chi connectivity index (χ3n) is 2.86. The fourth-order valence-corrected chi connectivity index (χ4v) is 2.02. The molecular weight excluding hydrogens is 272 g/mol. The minimum absolute atomic E-state index is 0.398. The molecule has 0 bridgehead atoms. The zero-order valence-electron chi connectivity index (χ0n) is 11.8. The summed E-state index contributed by atoms with van der Waals surface area (Å²) in [5.74, 6) is 0.802. The molecule has 0 aliphatic rings. The van der Waals surface area contributed by atoms with Crippen molar-refractivity contribution in [3.8, 4) is 5.75 Å². The van der Waals surface area contributed by atoms with Crippen LogP contribution in [0.25, 0.3) is 0 Å². The van der Waals surface area contributed by atoms with Gasteiger partial charge in [0.15, 0.2) is 0 Å². The Morgan fingerprint density at radius 2 is 2.05 bits per heavy atom. The second-order valence-corrected chi connectivity index (χ2v) is 5.27. The highest BCUT2D eigenvalue weighted by Crippen LogP contribution is 2.27. The van der Waals surface area contributed by atoms with Crippen molar-refractivity contribution in [3.63, 3.8) is 0 Å². The number of pyridine rings is 1. The van der Waals surface area contributed by atoms with Crippen LogP contribution in [0.1, 0.15) is 25.1 Å². The highest BCUT2D eigenvalue weighted by atomic mass is 35.5. The summed E-state index contributed by atoms with van der Waals surface area (Å²) in [5.41, 5.74) is 1.88. The molecule has 20 heavy (non-hydrogen) atoms. The zero-order valence-corrected chi connectivity index (χ0v) is 12.5. The number of ether oxygens (including phenoxy) is 1. The molecule has 0 saturated carbocycles. The lowest BCUT2D eigenvalue weighted by molar-refractivity contribution is 0.297. The van der Waals surface area contributed by atoms with Gasteiger partial charge in [0.2, 0.25) is 0 Å². The molecule has 2 aromatic rings. The van der Waals surface area contributed by atoms with Crippen LogP contribution in [0.5, 0.6) is 5.75 Å². The monoisotopic (exact) mass is 290 g/mol. The Hall–Kier alpha value is -1.58. The highest BCUT2D eigenvalue weighted by molar-refractivity contribution is 6.31. The molecule has 1 aromatic heterocycles. The second kappa shape index (κ2) is 7.27. The summed E-state index contributed by atoms with van der Waals surface area (Å²) in [6, 6.07) is 11.9. The summed E-state index contributed by atoms with van der Waals surface area (Å²) < 4.78 is 5.85. The predicted molar refractivity (Wildman–Crippen MR) is 82.0 cm³/mol. The van der Waals surface area contributed by atoms with Gasteiger partial charge < -0.3 is 10.1 Å². The number of aromatic nitrogens is 1. The van der Waals surface area contributed by atoms with E-state index in [0.29, 0.717) is 19.2 Å². The van der Waals surface area contributed by atoms with E-state index in [1.54, 1.807) is 6.20 Å². The van der Waals surface area contributed by atoms with Crippen molar-refractivity contribution < 1.29 is 4.74 Å². The van der Waals surface area contributed by atoms with Crippen LogP contribution in [0, 0.1) is 0 Å². The van der Waals surface area contributed by atoms with Gasteiger partial charge in [-0.05, 0) is 24.3 Å². The molecule has 0 atom stereocenters. The van der Waals surface area contributed by atoms with Crippen LogP contribution in [0.3, 0.4) is 0 Å². The molecule has 0 saturated heterocycles. The van der Waals surface area contributed by atoms with Crippen LogP contribution >= 0.6 is 11.6 Å². The van der Waals surface area contributed by atoms with E-state index in [1.807, 2.05) is 36.4 Å². The van der Waals surface area contributed by atoms with Crippen LogP contribution in [-0.2, 0) is 13.2 Å². The van der Waals surface area contributed by atoms with Crippen LogP contribution in [0.15, 0.2) is 42.6 Å². The van der Waals surface area contributed by atoms with Gasteiger partial charge >= 0.3 is 0 Å². The number of nitrogens with zero attached hydrogens (tertiary/aromatic N) is 1. The first kappa shape index (κ1) is 14.8. The molecule has 0 radical (unpaired) electrons. The first-order valence-corrected chi connectivity index (χ1v) is 7.08. The van der Waals surface area contributed by atoms with Crippen molar-refractivity contribution in [1.82, 2.24) is 10.3 Å². The lowest BCUT2D eigenvalue weighted by Gasteiger charge is -2.15. The average Bonchev–Trinajstić information content (AvgIpc) is 2.45. The predicted octanol–water partition coefficient (Wildman–Crippen LogP) is 3.81. The Balaban J connectivity index is 2.08. The largest absolute Gasteiger partial charge is 0.487 e. The van der Waals surface area contributed by atoms with Crippen LogP contribution in [0.2, 0.25) is 5.02 Å². The van der Waals surface area contributed by atoms with Crippen LogP contribution in [-0.4, -0.2) is 11.0 Å². The second-order valence-electron chi connectivity index (χ2n) is 4.86. The van der Waals surface area contributed by atoms with Gasteiger partial charge in [0.1, 0.15) is 12.4 Å². The van der Waals surface area contributed by atoms with Gasteiger partial charge in [-0.3, -0.25) is 4.98 Å². The van der Waals surface area contributed by atoms with E-state index in [1.165, 1.54) is 0 Å². The van der Waals surface area contributed by atoms with Crippen molar-refractivity contribution in [1.29, 1.82) is 0 Å². The van der Waals surface area contributed by atoms with Gasteiger partial charge in [-0.1, -0.05) is 37.6 Å². The lowest BCUT2D eigenvalue weighted by Crippen LogP contribution is -2.22.